The van der Waals surface area contributed by atoms with Gasteiger partial charge in [-0.3, -0.25) is 9.69 Å². The van der Waals surface area contributed by atoms with Crippen LogP contribution in [-0.4, -0.2) is 60.1 Å². The highest BCUT2D eigenvalue weighted by atomic mass is 16.5. The van der Waals surface area contributed by atoms with Crippen LogP contribution in [0.15, 0.2) is 54.6 Å². The van der Waals surface area contributed by atoms with Crippen molar-refractivity contribution in [3.8, 4) is 0 Å². The number of hydrogen-bond donors (Lipinski definition) is 1. The number of rotatable bonds is 4. The monoisotopic (exact) mass is 393 g/mol. The summed E-state index contributed by atoms with van der Waals surface area (Å²) in [6.07, 6.45) is 0.521. The SMILES string of the molecule is CC1CN(Cc2ccc(C(=O)N3C[C@@H](N)[C@H](c4ccccc4)C3)cc2)CC(C)O1. The number of nitrogens with zero attached hydrogens (tertiary/aromatic N) is 2. The van der Waals surface area contributed by atoms with Crippen molar-refractivity contribution in [2.24, 2.45) is 5.73 Å². The summed E-state index contributed by atoms with van der Waals surface area (Å²) >= 11 is 0. The van der Waals surface area contributed by atoms with E-state index in [0.717, 1.165) is 25.2 Å². The number of likely N-dealkylation sites (tertiary alicyclic amines) is 1. The Hall–Kier alpha value is -2.21. The Morgan fingerprint density at radius 1 is 0.966 bits per heavy atom. The zero-order chi connectivity index (χ0) is 20.4. The molecular formula is C24H31N3O2. The van der Waals surface area contributed by atoms with E-state index in [1.807, 2.05) is 35.2 Å². The summed E-state index contributed by atoms with van der Waals surface area (Å²) in [6.45, 7) is 8.28. The molecule has 0 spiro atoms. The lowest BCUT2D eigenvalue weighted by molar-refractivity contribution is -0.0704. The molecule has 0 aromatic heterocycles. The number of ether oxygens (including phenoxy) is 1. The Morgan fingerprint density at radius 3 is 2.28 bits per heavy atom. The predicted molar refractivity (Wildman–Crippen MR) is 115 cm³/mol. The summed E-state index contributed by atoms with van der Waals surface area (Å²) in [5.74, 6) is 0.267. The third-order valence-corrected chi connectivity index (χ3v) is 5.98. The van der Waals surface area contributed by atoms with E-state index in [1.54, 1.807) is 0 Å². The third kappa shape index (κ3) is 4.69. The zero-order valence-electron chi connectivity index (χ0n) is 17.3. The Labute approximate surface area is 173 Å². The summed E-state index contributed by atoms with van der Waals surface area (Å²) < 4.78 is 5.81. The molecule has 154 valence electrons. The molecular weight excluding hydrogens is 362 g/mol. The number of carbonyl (C=O) groups is 1. The maximum absolute atomic E-state index is 13.0. The number of benzene rings is 2. The molecule has 2 fully saturated rings. The summed E-state index contributed by atoms with van der Waals surface area (Å²) in [7, 11) is 0. The number of morpholine rings is 1. The number of amides is 1. The molecule has 2 unspecified atom stereocenters. The van der Waals surface area contributed by atoms with Crippen molar-refractivity contribution >= 4 is 5.91 Å². The van der Waals surface area contributed by atoms with Crippen molar-refractivity contribution in [2.75, 3.05) is 26.2 Å². The average Bonchev–Trinajstić information content (AvgIpc) is 3.09. The van der Waals surface area contributed by atoms with Crippen molar-refractivity contribution in [3.63, 3.8) is 0 Å². The number of nitrogens with two attached hydrogens (primary N) is 1. The Kier molecular flexibility index (Phi) is 5.99. The second kappa shape index (κ2) is 8.66. The molecule has 0 radical (unpaired) electrons. The molecule has 4 atom stereocenters. The van der Waals surface area contributed by atoms with Gasteiger partial charge in [0.05, 0.1) is 12.2 Å². The minimum Gasteiger partial charge on any atom is -0.373 e. The summed E-state index contributed by atoms with van der Waals surface area (Å²) in [4.78, 5) is 17.3. The van der Waals surface area contributed by atoms with Gasteiger partial charge < -0.3 is 15.4 Å². The minimum atomic E-state index is -0.0223. The van der Waals surface area contributed by atoms with Gasteiger partial charge in [-0.05, 0) is 37.1 Å². The molecule has 0 saturated carbocycles. The molecule has 2 N–H and O–H groups in total. The van der Waals surface area contributed by atoms with Gasteiger partial charge in [0.15, 0.2) is 0 Å². The lowest BCUT2D eigenvalue weighted by Gasteiger charge is -2.35. The Morgan fingerprint density at radius 2 is 1.62 bits per heavy atom. The van der Waals surface area contributed by atoms with Gasteiger partial charge in [-0.25, -0.2) is 0 Å². The second-order valence-electron chi connectivity index (χ2n) is 8.54. The van der Waals surface area contributed by atoms with Crippen molar-refractivity contribution < 1.29 is 9.53 Å². The fraction of sp³-hybridized carbons (Fsp3) is 0.458. The van der Waals surface area contributed by atoms with Crippen molar-refractivity contribution in [3.05, 3.63) is 71.3 Å². The summed E-state index contributed by atoms with van der Waals surface area (Å²) in [5, 5.41) is 0. The highest BCUT2D eigenvalue weighted by Gasteiger charge is 2.34. The van der Waals surface area contributed by atoms with Crippen LogP contribution in [0.5, 0.6) is 0 Å². The zero-order valence-corrected chi connectivity index (χ0v) is 17.3. The summed E-state index contributed by atoms with van der Waals surface area (Å²) in [6, 6.07) is 18.3. The smallest absolute Gasteiger partial charge is 0.253 e. The molecule has 29 heavy (non-hydrogen) atoms. The molecule has 0 bridgehead atoms. The first-order chi connectivity index (χ1) is 14.0. The third-order valence-electron chi connectivity index (χ3n) is 5.98. The molecule has 5 nitrogen and oxygen atoms in total. The maximum Gasteiger partial charge on any atom is 0.253 e. The first-order valence-electron chi connectivity index (χ1n) is 10.6. The van der Waals surface area contributed by atoms with Crippen LogP contribution in [-0.2, 0) is 11.3 Å². The van der Waals surface area contributed by atoms with Gasteiger partial charge in [-0.1, -0.05) is 42.5 Å². The average molecular weight is 394 g/mol. The van der Waals surface area contributed by atoms with Crippen LogP contribution >= 0.6 is 0 Å². The van der Waals surface area contributed by atoms with Crippen LogP contribution in [0.1, 0.15) is 41.3 Å². The normalized spacial score (nSPS) is 27.9. The lowest BCUT2D eigenvalue weighted by atomic mass is 9.95. The second-order valence-corrected chi connectivity index (χ2v) is 8.54. The molecule has 0 aliphatic carbocycles. The molecule has 2 heterocycles. The molecule has 2 aromatic rings. The van der Waals surface area contributed by atoms with Crippen LogP contribution in [0, 0.1) is 0 Å². The van der Waals surface area contributed by atoms with Gasteiger partial charge in [0.25, 0.3) is 5.91 Å². The molecule has 4 rings (SSSR count). The number of carbonyl (C=O) groups excluding carboxylic acids is 1. The molecule has 2 aliphatic heterocycles. The van der Waals surface area contributed by atoms with Crippen LogP contribution in [0.4, 0.5) is 0 Å². The molecule has 2 aromatic carbocycles. The summed E-state index contributed by atoms with van der Waals surface area (Å²) in [5.41, 5.74) is 9.53. The van der Waals surface area contributed by atoms with Gasteiger partial charge in [0, 0.05) is 50.2 Å². The van der Waals surface area contributed by atoms with Gasteiger partial charge in [0.1, 0.15) is 0 Å². The highest BCUT2D eigenvalue weighted by molar-refractivity contribution is 5.94. The quantitative estimate of drug-likeness (QED) is 0.868. The molecule has 1 amide bonds. The maximum atomic E-state index is 13.0. The molecule has 2 aliphatic rings. The van der Waals surface area contributed by atoms with E-state index in [1.165, 1.54) is 11.1 Å². The van der Waals surface area contributed by atoms with Crippen LogP contribution in [0.2, 0.25) is 0 Å². The van der Waals surface area contributed by atoms with Crippen molar-refractivity contribution in [2.45, 2.75) is 44.6 Å². The first-order valence-corrected chi connectivity index (χ1v) is 10.6. The van der Waals surface area contributed by atoms with Crippen LogP contribution in [0.25, 0.3) is 0 Å². The first kappa shape index (κ1) is 20.1. The van der Waals surface area contributed by atoms with Gasteiger partial charge in [-0.2, -0.15) is 0 Å². The Bertz CT molecular complexity index is 814. The van der Waals surface area contributed by atoms with E-state index in [4.69, 9.17) is 10.5 Å². The Balaban J connectivity index is 1.38. The lowest BCUT2D eigenvalue weighted by Crippen LogP contribution is -2.44. The predicted octanol–water partition coefficient (Wildman–Crippen LogP) is 2.86. The van der Waals surface area contributed by atoms with Crippen LogP contribution < -0.4 is 5.73 Å². The minimum absolute atomic E-state index is 0.0223. The number of hydrogen-bond acceptors (Lipinski definition) is 4. The fourth-order valence-corrected chi connectivity index (χ4v) is 4.65. The van der Waals surface area contributed by atoms with Crippen LogP contribution in [0.3, 0.4) is 0 Å². The van der Waals surface area contributed by atoms with Crippen molar-refractivity contribution in [1.82, 2.24) is 9.80 Å². The topological polar surface area (TPSA) is 58.8 Å². The standard InChI is InChI=1S/C24H31N3O2/c1-17-12-26(13-18(2)29-17)14-19-8-10-21(11-9-19)24(28)27-15-22(23(25)16-27)20-6-4-3-5-7-20/h3-11,17-18,22-23H,12-16,25H2,1-2H3/t17?,18?,22-,23+/m0/s1. The van der Waals surface area contributed by atoms with E-state index in [9.17, 15) is 4.79 Å². The van der Waals surface area contributed by atoms with Gasteiger partial charge in [-0.15, -0.1) is 0 Å². The van der Waals surface area contributed by atoms with E-state index >= 15 is 0 Å². The van der Waals surface area contributed by atoms with Crippen molar-refractivity contribution in [1.29, 1.82) is 0 Å². The van der Waals surface area contributed by atoms with Gasteiger partial charge in [0.2, 0.25) is 0 Å². The van der Waals surface area contributed by atoms with E-state index in [-0.39, 0.29) is 30.1 Å². The van der Waals surface area contributed by atoms with E-state index < -0.39 is 0 Å². The highest BCUT2D eigenvalue weighted by Crippen LogP contribution is 2.27. The molecule has 2 saturated heterocycles. The van der Waals surface area contributed by atoms with E-state index in [0.29, 0.717) is 13.1 Å². The van der Waals surface area contributed by atoms with E-state index in [2.05, 4.69) is 43.0 Å². The largest absolute Gasteiger partial charge is 0.373 e. The van der Waals surface area contributed by atoms with Gasteiger partial charge >= 0.3 is 0 Å². The molecule has 5 heteroatoms. The fourth-order valence-electron chi connectivity index (χ4n) is 4.65.